The minimum Gasteiger partial charge on any atom is -0.444 e. The largest absolute Gasteiger partial charge is 0.444 e. The molecule has 0 unspecified atom stereocenters. The van der Waals surface area contributed by atoms with Gasteiger partial charge >= 0.3 is 18.0 Å². The van der Waals surface area contributed by atoms with Crippen LogP contribution in [0.2, 0.25) is 0 Å². The lowest BCUT2D eigenvalue weighted by Gasteiger charge is -2.23. The van der Waals surface area contributed by atoms with Gasteiger partial charge in [-0.25, -0.2) is 27.2 Å². The monoisotopic (exact) mass is 539 g/mol. The van der Waals surface area contributed by atoms with Gasteiger partial charge in [-0.05, 0) is 45.7 Å². The third kappa shape index (κ3) is 7.57. The van der Waals surface area contributed by atoms with E-state index in [0.29, 0.717) is 6.07 Å². The maximum Gasteiger partial charge on any atom is 0.408 e. The minimum absolute atomic E-state index is 0.138. The number of alkyl carbamates (subject to hydrolysis) is 1. The number of benzene rings is 2. The second-order valence-corrected chi connectivity index (χ2v) is 8.56. The van der Waals surface area contributed by atoms with E-state index in [2.05, 4.69) is 9.47 Å². The summed E-state index contributed by atoms with van der Waals surface area (Å²) in [6, 6.07) is -1.57. The van der Waals surface area contributed by atoms with Crippen LogP contribution < -0.4 is 14.8 Å². The number of hydrogen-bond acceptors (Lipinski definition) is 6. The van der Waals surface area contributed by atoms with Gasteiger partial charge in [0.05, 0.1) is 0 Å². The number of carbonyl (C=O) groups is 3. The Morgan fingerprint density at radius 2 is 1.30 bits per heavy atom. The fourth-order valence-electron chi connectivity index (χ4n) is 2.73. The van der Waals surface area contributed by atoms with E-state index in [1.807, 2.05) is 5.32 Å². The van der Waals surface area contributed by atoms with E-state index in [-0.39, 0.29) is 11.6 Å². The molecule has 1 atom stereocenters. The van der Waals surface area contributed by atoms with Gasteiger partial charge in [0.1, 0.15) is 11.6 Å². The van der Waals surface area contributed by atoms with Crippen LogP contribution in [0.1, 0.15) is 39.2 Å². The molecule has 2 rings (SSSR count). The molecule has 0 aliphatic carbocycles. The van der Waals surface area contributed by atoms with E-state index in [1.54, 1.807) is 0 Å². The van der Waals surface area contributed by atoms with Gasteiger partial charge in [0.25, 0.3) is 0 Å². The Morgan fingerprint density at radius 3 is 1.81 bits per heavy atom. The number of amides is 1. The summed E-state index contributed by atoms with van der Waals surface area (Å²) < 4.78 is 110. The molecule has 0 saturated carbocycles. The zero-order chi connectivity index (χ0) is 28.2. The Labute approximate surface area is 205 Å². The van der Waals surface area contributed by atoms with Crippen molar-refractivity contribution in [2.75, 3.05) is 0 Å². The molecule has 0 aliphatic rings. The van der Waals surface area contributed by atoms with Gasteiger partial charge in [0.2, 0.25) is 29.0 Å². The molecule has 1 N–H and O–H groups in total. The van der Waals surface area contributed by atoms with Crippen LogP contribution in [0, 0.1) is 47.6 Å². The molecular formula is C23H20F7NO6. The van der Waals surface area contributed by atoms with Crippen LogP contribution in [-0.4, -0.2) is 29.7 Å². The number of aryl methyl sites for hydroxylation is 1. The van der Waals surface area contributed by atoms with E-state index >= 15 is 0 Å². The minimum atomic E-state index is -2.06. The van der Waals surface area contributed by atoms with Gasteiger partial charge in [0.15, 0.2) is 23.3 Å². The number of rotatable bonds is 7. The van der Waals surface area contributed by atoms with Crippen LogP contribution in [-0.2, 0) is 14.3 Å². The first-order valence-corrected chi connectivity index (χ1v) is 10.4. The van der Waals surface area contributed by atoms with Crippen LogP contribution in [0.15, 0.2) is 12.1 Å². The average molecular weight is 539 g/mol. The number of nitrogens with one attached hydrogen (secondary N) is 1. The maximum absolute atomic E-state index is 14.1. The van der Waals surface area contributed by atoms with E-state index in [4.69, 9.17) is 4.74 Å². The molecule has 2 aromatic carbocycles. The first-order chi connectivity index (χ1) is 17.0. The molecule has 0 bridgehead atoms. The summed E-state index contributed by atoms with van der Waals surface area (Å²) in [5.74, 6) is -18.8. The Bertz CT molecular complexity index is 1180. The molecule has 2 aromatic rings. The zero-order valence-electron chi connectivity index (χ0n) is 19.7. The summed E-state index contributed by atoms with van der Waals surface area (Å²) in [5, 5.41) is 1.94. The fourth-order valence-corrected chi connectivity index (χ4v) is 2.73. The molecule has 0 aliphatic heterocycles. The van der Waals surface area contributed by atoms with Gasteiger partial charge < -0.3 is 19.5 Å². The molecular weight excluding hydrogens is 519 g/mol. The van der Waals surface area contributed by atoms with Gasteiger partial charge in [-0.2, -0.15) is 13.2 Å². The molecule has 14 heteroatoms. The molecule has 0 saturated heterocycles. The Balaban J connectivity index is 2.25. The van der Waals surface area contributed by atoms with Crippen molar-refractivity contribution >= 4 is 18.0 Å². The van der Waals surface area contributed by atoms with Crippen LogP contribution in [0.4, 0.5) is 35.5 Å². The van der Waals surface area contributed by atoms with Gasteiger partial charge in [-0.3, -0.25) is 4.79 Å². The highest BCUT2D eigenvalue weighted by molar-refractivity contribution is 5.84. The summed E-state index contributed by atoms with van der Waals surface area (Å²) in [6.07, 6.45) is -2.95. The van der Waals surface area contributed by atoms with Crippen molar-refractivity contribution in [1.82, 2.24) is 5.32 Å². The molecule has 37 heavy (non-hydrogen) atoms. The molecule has 0 fully saturated rings. The standard InChI is InChI=1S/C23H20F7NO6/c1-9-7-10(24)16(28)19(15(9)27)35-14(32)6-5-13(31-22(34)37-23(2,3)4)21(33)36-20-17(29)11(25)8-12(26)18(20)30/h7-8,13H,5-6H2,1-4H3,(H,31,34)/t13-/m0/s1. The SMILES string of the molecule is Cc1cc(F)c(F)c(OC(=O)CC[C@H](NC(=O)OC(C)(C)C)C(=O)Oc2c(F)c(F)cc(F)c2F)c1F. The summed E-state index contributed by atoms with van der Waals surface area (Å²) in [5.41, 5.74) is -1.48. The third-order valence-corrected chi connectivity index (χ3v) is 4.40. The highest BCUT2D eigenvalue weighted by Gasteiger charge is 2.31. The summed E-state index contributed by atoms with van der Waals surface area (Å²) in [6.45, 7) is 5.41. The van der Waals surface area contributed by atoms with E-state index in [9.17, 15) is 45.1 Å². The van der Waals surface area contributed by atoms with Crippen LogP contribution >= 0.6 is 0 Å². The fraction of sp³-hybridized carbons (Fsp3) is 0.348. The Hall–Kier alpha value is -3.84. The van der Waals surface area contributed by atoms with E-state index in [1.165, 1.54) is 20.8 Å². The summed E-state index contributed by atoms with van der Waals surface area (Å²) in [7, 11) is 0. The zero-order valence-corrected chi connectivity index (χ0v) is 19.7. The second-order valence-electron chi connectivity index (χ2n) is 8.56. The van der Waals surface area contributed by atoms with E-state index < -0.39 is 94.7 Å². The number of halogens is 7. The number of ether oxygens (including phenoxy) is 3. The van der Waals surface area contributed by atoms with Crippen molar-refractivity contribution in [2.24, 2.45) is 0 Å². The molecule has 0 spiro atoms. The van der Waals surface area contributed by atoms with Gasteiger partial charge in [0, 0.05) is 12.5 Å². The number of carbonyl (C=O) groups excluding carboxylic acids is 3. The summed E-state index contributed by atoms with van der Waals surface area (Å²) in [4.78, 5) is 36.8. The van der Waals surface area contributed by atoms with Crippen molar-refractivity contribution in [1.29, 1.82) is 0 Å². The van der Waals surface area contributed by atoms with Crippen molar-refractivity contribution in [3.8, 4) is 11.5 Å². The molecule has 7 nitrogen and oxygen atoms in total. The average Bonchev–Trinajstić information content (AvgIpc) is 2.78. The topological polar surface area (TPSA) is 90.9 Å². The van der Waals surface area contributed by atoms with Crippen molar-refractivity contribution in [3.05, 3.63) is 58.4 Å². The second kappa shape index (κ2) is 11.5. The van der Waals surface area contributed by atoms with Crippen LogP contribution in [0.5, 0.6) is 11.5 Å². The van der Waals surface area contributed by atoms with Gasteiger partial charge in [-0.1, -0.05) is 0 Å². The molecule has 1 amide bonds. The predicted molar refractivity (Wildman–Crippen MR) is 111 cm³/mol. The molecule has 0 aromatic heterocycles. The first kappa shape index (κ1) is 29.4. The number of esters is 2. The lowest BCUT2D eigenvalue weighted by atomic mass is 10.1. The number of hydrogen-bond donors (Lipinski definition) is 1. The lowest BCUT2D eigenvalue weighted by molar-refractivity contribution is -0.138. The Kier molecular flexibility index (Phi) is 9.12. The van der Waals surface area contributed by atoms with Crippen LogP contribution in [0.25, 0.3) is 0 Å². The summed E-state index contributed by atoms with van der Waals surface area (Å²) >= 11 is 0. The first-order valence-electron chi connectivity index (χ1n) is 10.4. The van der Waals surface area contributed by atoms with Crippen molar-refractivity contribution < 1.29 is 59.3 Å². The molecule has 0 radical (unpaired) electrons. The lowest BCUT2D eigenvalue weighted by Crippen LogP contribution is -2.45. The Morgan fingerprint density at radius 1 is 0.811 bits per heavy atom. The van der Waals surface area contributed by atoms with Crippen molar-refractivity contribution in [3.63, 3.8) is 0 Å². The third-order valence-electron chi connectivity index (χ3n) is 4.40. The molecule has 202 valence electrons. The van der Waals surface area contributed by atoms with Crippen molar-refractivity contribution in [2.45, 2.75) is 52.2 Å². The maximum atomic E-state index is 14.1. The van der Waals surface area contributed by atoms with E-state index in [0.717, 1.165) is 6.92 Å². The highest BCUT2D eigenvalue weighted by Crippen LogP contribution is 2.28. The smallest absolute Gasteiger partial charge is 0.408 e. The predicted octanol–water partition coefficient (Wildman–Crippen LogP) is 5.15. The molecule has 0 heterocycles. The van der Waals surface area contributed by atoms with Crippen LogP contribution in [0.3, 0.4) is 0 Å². The highest BCUT2D eigenvalue weighted by atomic mass is 19.2. The normalized spacial score (nSPS) is 12.1. The quantitative estimate of drug-likeness (QED) is 0.227. The van der Waals surface area contributed by atoms with Gasteiger partial charge in [-0.15, -0.1) is 0 Å².